The van der Waals surface area contributed by atoms with Crippen molar-refractivity contribution in [2.75, 3.05) is 11.1 Å². The first kappa shape index (κ1) is 22.1. The number of halogens is 2. The van der Waals surface area contributed by atoms with Gasteiger partial charge in [0, 0.05) is 29.6 Å². The zero-order chi connectivity index (χ0) is 23.8. The van der Waals surface area contributed by atoms with Gasteiger partial charge in [0.25, 0.3) is 6.43 Å². The number of hydrogen-bond donors (Lipinski definition) is 3. The number of fused-ring (bicyclic) bond motifs is 1. The smallest absolute Gasteiger partial charge is 0.280 e. The maximum absolute atomic E-state index is 12.8. The third kappa shape index (κ3) is 4.14. The van der Waals surface area contributed by atoms with Crippen molar-refractivity contribution >= 4 is 22.7 Å². The number of nitrogens with one attached hydrogen (secondary N) is 1. The number of aromatic nitrogens is 6. The average Bonchev–Trinajstić information content (AvgIpc) is 3.48. The van der Waals surface area contributed by atoms with Gasteiger partial charge >= 0.3 is 0 Å². The molecule has 0 amide bonds. The number of aliphatic hydroxyl groups is 1. The minimum absolute atomic E-state index is 0.126. The number of nitrogens with zero attached hydrogens (tertiary/aromatic N) is 6. The summed E-state index contributed by atoms with van der Waals surface area (Å²) in [4.78, 5) is 17.7. The van der Waals surface area contributed by atoms with Crippen LogP contribution in [0.1, 0.15) is 44.0 Å². The van der Waals surface area contributed by atoms with Crippen molar-refractivity contribution in [1.29, 1.82) is 0 Å². The van der Waals surface area contributed by atoms with E-state index in [-0.39, 0.29) is 23.7 Å². The molecular formula is C23H24F2N8O. The highest BCUT2D eigenvalue weighted by molar-refractivity contribution is 5.96. The molecule has 0 aromatic carbocycles. The van der Waals surface area contributed by atoms with Crippen LogP contribution in [-0.4, -0.2) is 47.0 Å². The summed E-state index contributed by atoms with van der Waals surface area (Å²) in [5.41, 5.74) is 9.66. The molecule has 9 nitrogen and oxygen atoms in total. The van der Waals surface area contributed by atoms with Crippen LogP contribution in [0.15, 0.2) is 36.9 Å². The van der Waals surface area contributed by atoms with Crippen LogP contribution in [0.2, 0.25) is 0 Å². The largest absolute Gasteiger partial charge is 0.393 e. The first-order chi connectivity index (χ1) is 16.4. The molecule has 1 aliphatic rings. The van der Waals surface area contributed by atoms with Gasteiger partial charge in [-0.3, -0.25) is 4.98 Å². The topological polar surface area (TPSA) is 128 Å². The maximum Gasteiger partial charge on any atom is 0.280 e. The third-order valence-corrected chi connectivity index (χ3v) is 6.03. The van der Waals surface area contributed by atoms with E-state index in [0.29, 0.717) is 40.9 Å². The van der Waals surface area contributed by atoms with E-state index in [2.05, 4.69) is 20.4 Å². The summed E-state index contributed by atoms with van der Waals surface area (Å²) < 4.78 is 27.2. The van der Waals surface area contributed by atoms with Crippen molar-refractivity contribution in [2.45, 2.75) is 51.2 Å². The molecule has 4 aromatic heterocycles. The molecule has 4 heterocycles. The van der Waals surface area contributed by atoms with Gasteiger partial charge in [0.15, 0.2) is 5.82 Å². The van der Waals surface area contributed by atoms with Crippen LogP contribution in [-0.2, 0) is 6.42 Å². The van der Waals surface area contributed by atoms with Crippen molar-refractivity contribution in [3.63, 3.8) is 0 Å². The molecule has 4 aromatic rings. The number of rotatable bonds is 6. The lowest BCUT2D eigenvalue weighted by atomic mass is 10.1. The maximum atomic E-state index is 12.8. The van der Waals surface area contributed by atoms with Gasteiger partial charge in [0.05, 0.1) is 29.9 Å². The van der Waals surface area contributed by atoms with Gasteiger partial charge in [-0.05, 0) is 37.8 Å². The summed E-state index contributed by atoms with van der Waals surface area (Å²) in [5.74, 6) is 0.947. The standard InChI is InChI=1S/C23H24F2N8O/c1-2-17-23(30-13-3-5-15(34)7-13)32-19-16(10-28-22(26)20(19)31-17)12-8-29-33(11-12)14-4-6-18(21(24)25)27-9-14/h4,6,8-11,13,15,21,34H,2-3,5,7H2,1H3,(H2,26,28)(H,30,32)/t13-,15+/m1/s1. The summed E-state index contributed by atoms with van der Waals surface area (Å²) in [5, 5.41) is 17.7. The highest BCUT2D eigenvalue weighted by atomic mass is 19.3. The molecule has 11 heteroatoms. The Bertz CT molecular complexity index is 1320. The van der Waals surface area contributed by atoms with E-state index in [1.165, 1.54) is 18.3 Å². The van der Waals surface area contributed by atoms with E-state index in [1.54, 1.807) is 23.3 Å². The van der Waals surface area contributed by atoms with E-state index in [4.69, 9.17) is 15.7 Å². The van der Waals surface area contributed by atoms with Crippen molar-refractivity contribution in [3.05, 3.63) is 48.3 Å². The molecule has 4 N–H and O–H groups in total. The average molecular weight is 466 g/mol. The molecule has 0 spiro atoms. The molecule has 0 radical (unpaired) electrons. The van der Waals surface area contributed by atoms with Gasteiger partial charge in [0.1, 0.15) is 22.5 Å². The van der Waals surface area contributed by atoms with Crippen molar-refractivity contribution in [2.24, 2.45) is 0 Å². The van der Waals surface area contributed by atoms with E-state index >= 15 is 0 Å². The van der Waals surface area contributed by atoms with Crippen LogP contribution < -0.4 is 11.1 Å². The van der Waals surface area contributed by atoms with Crippen molar-refractivity contribution in [1.82, 2.24) is 29.7 Å². The van der Waals surface area contributed by atoms with Gasteiger partial charge in [-0.15, -0.1) is 0 Å². The lowest BCUT2D eigenvalue weighted by molar-refractivity contribution is 0.146. The van der Waals surface area contributed by atoms with E-state index in [1.807, 2.05) is 6.92 Å². The summed E-state index contributed by atoms with van der Waals surface area (Å²) in [6.07, 6.45) is 6.38. The predicted octanol–water partition coefficient (Wildman–Crippen LogP) is 3.68. The summed E-state index contributed by atoms with van der Waals surface area (Å²) in [6, 6.07) is 2.94. The Balaban J connectivity index is 1.54. The first-order valence-corrected chi connectivity index (χ1v) is 11.1. The summed E-state index contributed by atoms with van der Waals surface area (Å²) >= 11 is 0. The van der Waals surface area contributed by atoms with Gasteiger partial charge in [-0.2, -0.15) is 5.10 Å². The Kier molecular flexibility index (Phi) is 5.78. The van der Waals surface area contributed by atoms with Gasteiger partial charge in [0.2, 0.25) is 0 Å². The zero-order valence-electron chi connectivity index (χ0n) is 18.5. The highest BCUT2D eigenvalue weighted by Gasteiger charge is 2.24. The first-order valence-electron chi connectivity index (χ1n) is 11.1. The molecule has 1 fully saturated rings. The van der Waals surface area contributed by atoms with Gasteiger partial charge < -0.3 is 16.2 Å². The van der Waals surface area contributed by atoms with Gasteiger partial charge in [-0.1, -0.05) is 6.92 Å². The molecule has 34 heavy (non-hydrogen) atoms. The Hall–Kier alpha value is -3.73. The molecular weight excluding hydrogens is 442 g/mol. The normalized spacial score (nSPS) is 18.1. The minimum Gasteiger partial charge on any atom is -0.393 e. The monoisotopic (exact) mass is 466 g/mol. The quantitative estimate of drug-likeness (QED) is 0.393. The second-order valence-electron chi connectivity index (χ2n) is 8.35. The fourth-order valence-electron chi connectivity index (χ4n) is 4.21. The molecule has 0 bridgehead atoms. The van der Waals surface area contributed by atoms with Crippen molar-refractivity contribution in [3.8, 4) is 16.8 Å². The molecule has 2 atom stereocenters. The number of nitrogens with two attached hydrogens (primary N) is 1. The van der Waals surface area contributed by atoms with Crippen LogP contribution in [0.25, 0.3) is 27.8 Å². The second-order valence-corrected chi connectivity index (χ2v) is 8.35. The fourth-order valence-corrected chi connectivity index (χ4v) is 4.21. The van der Waals surface area contributed by atoms with Crippen LogP contribution in [0, 0.1) is 0 Å². The summed E-state index contributed by atoms with van der Waals surface area (Å²) in [7, 11) is 0. The minimum atomic E-state index is -2.63. The molecule has 1 saturated carbocycles. The molecule has 5 rings (SSSR count). The molecule has 176 valence electrons. The van der Waals surface area contributed by atoms with Crippen LogP contribution in [0.5, 0.6) is 0 Å². The zero-order valence-corrected chi connectivity index (χ0v) is 18.5. The van der Waals surface area contributed by atoms with E-state index < -0.39 is 6.43 Å². The predicted molar refractivity (Wildman–Crippen MR) is 124 cm³/mol. The molecule has 0 saturated heterocycles. The Morgan fingerprint density at radius 2 is 2.00 bits per heavy atom. The SMILES string of the molecule is CCc1nc2c(N)ncc(-c3cnn(-c4ccc(C(F)F)nc4)c3)c2nc1N[C@@H]1CC[C@H](O)C1. The van der Waals surface area contributed by atoms with Crippen LogP contribution in [0.3, 0.4) is 0 Å². The Morgan fingerprint density at radius 3 is 2.68 bits per heavy atom. The molecule has 1 aliphatic carbocycles. The fraction of sp³-hybridized carbons (Fsp3) is 0.348. The third-order valence-electron chi connectivity index (χ3n) is 6.03. The Morgan fingerprint density at radius 1 is 1.15 bits per heavy atom. The molecule has 0 aliphatic heterocycles. The number of pyridine rings is 2. The van der Waals surface area contributed by atoms with Crippen molar-refractivity contribution < 1.29 is 13.9 Å². The number of anilines is 2. The number of aliphatic hydroxyl groups excluding tert-OH is 1. The lowest BCUT2D eigenvalue weighted by Gasteiger charge is -2.17. The Labute approximate surface area is 194 Å². The van der Waals surface area contributed by atoms with Crippen LogP contribution >= 0.6 is 0 Å². The van der Waals surface area contributed by atoms with Crippen LogP contribution in [0.4, 0.5) is 20.4 Å². The number of hydrogen-bond acceptors (Lipinski definition) is 8. The number of nitrogen functional groups attached to an aromatic ring is 1. The van der Waals surface area contributed by atoms with E-state index in [9.17, 15) is 13.9 Å². The summed E-state index contributed by atoms with van der Waals surface area (Å²) in [6.45, 7) is 2.00. The van der Waals surface area contributed by atoms with E-state index in [0.717, 1.165) is 24.1 Å². The second kappa shape index (κ2) is 8.90. The lowest BCUT2D eigenvalue weighted by Crippen LogP contribution is -2.19. The highest BCUT2D eigenvalue weighted by Crippen LogP contribution is 2.32. The number of aryl methyl sites for hydroxylation is 1. The number of alkyl halides is 2. The van der Waals surface area contributed by atoms with Gasteiger partial charge in [-0.25, -0.2) is 28.4 Å². The molecule has 0 unspecified atom stereocenters.